The number of amides is 2. The fourth-order valence-corrected chi connectivity index (χ4v) is 2.73. The van der Waals surface area contributed by atoms with Crippen LogP contribution in [0.5, 0.6) is 23.0 Å². The van der Waals surface area contributed by atoms with Crippen molar-refractivity contribution in [1.29, 1.82) is 0 Å². The molecule has 0 saturated carbocycles. The molecule has 2 aromatic rings. The number of esters is 1. The summed E-state index contributed by atoms with van der Waals surface area (Å²) in [6.45, 7) is -3.80. The smallest absolute Gasteiger partial charge is 0.387 e. The van der Waals surface area contributed by atoms with Crippen LogP contribution < -0.4 is 24.3 Å². The molecule has 1 atom stereocenters. The van der Waals surface area contributed by atoms with Crippen molar-refractivity contribution in [2.45, 2.75) is 12.7 Å². The van der Waals surface area contributed by atoms with Gasteiger partial charge in [0.1, 0.15) is 6.61 Å². The van der Waals surface area contributed by atoms with Crippen LogP contribution in [0.25, 0.3) is 6.08 Å². The molecule has 2 aromatic carbocycles. The number of alkyl halides is 2. The van der Waals surface area contributed by atoms with Crippen LogP contribution in [0.15, 0.2) is 48.5 Å². The fourth-order valence-electron chi connectivity index (χ4n) is 2.73. The van der Waals surface area contributed by atoms with Crippen LogP contribution >= 0.6 is 0 Å². The third kappa shape index (κ3) is 6.66. The molecule has 1 aliphatic heterocycles. The Morgan fingerprint density at radius 1 is 1.15 bits per heavy atom. The molecule has 0 aromatic heterocycles. The first-order chi connectivity index (χ1) is 15.9. The number of ether oxygens (including phenoxy) is 5. The number of carbonyl (C=O) groups is 3. The minimum atomic E-state index is -3.01. The van der Waals surface area contributed by atoms with Crippen LogP contribution in [0, 0.1) is 0 Å². The third-order valence-corrected chi connectivity index (χ3v) is 4.22. The van der Waals surface area contributed by atoms with E-state index < -0.39 is 37.1 Å². The van der Waals surface area contributed by atoms with Crippen LogP contribution in [0.1, 0.15) is 5.56 Å². The first kappa shape index (κ1) is 23.5. The molecule has 0 radical (unpaired) electrons. The van der Waals surface area contributed by atoms with E-state index in [0.717, 1.165) is 6.08 Å². The van der Waals surface area contributed by atoms with E-state index in [4.69, 9.17) is 18.9 Å². The molecule has 0 saturated heterocycles. The zero-order valence-corrected chi connectivity index (χ0v) is 17.3. The second kappa shape index (κ2) is 10.9. The normalized spacial score (nSPS) is 14.6. The predicted octanol–water partition coefficient (Wildman–Crippen LogP) is 2.34. The molecule has 0 aliphatic carbocycles. The van der Waals surface area contributed by atoms with E-state index in [1.807, 2.05) is 0 Å². The quantitative estimate of drug-likeness (QED) is 0.469. The summed E-state index contributed by atoms with van der Waals surface area (Å²) in [6, 6.07) is 10.8. The van der Waals surface area contributed by atoms with Gasteiger partial charge in [0.2, 0.25) is 6.10 Å². The van der Waals surface area contributed by atoms with E-state index in [2.05, 4.69) is 10.1 Å². The number of methoxy groups -OCH3 is 1. The summed E-state index contributed by atoms with van der Waals surface area (Å²) in [5.74, 6) is -1.71. The van der Waals surface area contributed by atoms with Gasteiger partial charge in [-0.3, -0.25) is 14.9 Å². The molecule has 1 aliphatic rings. The second-order valence-electron chi connectivity index (χ2n) is 6.51. The Hall–Kier alpha value is -4.15. The van der Waals surface area contributed by atoms with Gasteiger partial charge in [-0.2, -0.15) is 8.78 Å². The number of hydrogen-bond acceptors (Lipinski definition) is 8. The highest BCUT2D eigenvalue weighted by atomic mass is 19.3. The van der Waals surface area contributed by atoms with E-state index in [9.17, 15) is 23.2 Å². The molecule has 0 spiro atoms. The van der Waals surface area contributed by atoms with Crippen LogP contribution in [0.2, 0.25) is 0 Å². The van der Waals surface area contributed by atoms with Crippen molar-refractivity contribution < 1.29 is 46.8 Å². The van der Waals surface area contributed by atoms with Crippen LogP contribution in [-0.4, -0.2) is 50.8 Å². The number of rotatable bonds is 8. The zero-order chi connectivity index (χ0) is 23.8. The van der Waals surface area contributed by atoms with Crippen LogP contribution in [-0.2, 0) is 19.1 Å². The molecular formula is C22H19F2NO8. The van der Waals surface area contributed by atoms with Crippen molar-refractivity contribution in [3.63, 3.8) is 0 Å². The molecule has 1 heterocycles. The van der Waals surface area contributed by atoms with Gasteiger partial charge in [0.25, 0.3) is 11.8 Å². The van der Waals surface area contributed by atoms with Gasteiger partial charge in [-0.1, -0.05) is 18.2 Å². The standard InChI is InChI=1S/C22H19F2NO8/c1-29-17-10-13(6-8-16(17)33-22(23)24)7-9-20(27)31-12-19(26)25-21(28)18-11-30-14-4-2-3-5-15(14)32-18/h2-10,18,22H,11-12H2,1H3,(H,25,26,28). The number of imide groups is 1. The number of benzene rings is 2. The molecule has 11 heteroatoms. The monoisotopic (exact) mass is 463 g/mol. The van der Waals surface area contributed by atoms with Crippen molar-refractivity contribution in [2.75, 3.05) is 20.3 Å². The van der Waals surface area contributed by atoms with Crippen molar-refractivity contribution in [2.24, 2.45) is 0 Å². The Morgan fingerprint density at radius 3 is 2.64 bits per heavy atom. The molecule has 33 heavy (non-hydrogen) atoms. The lowest BCUT2D eigenvalue weighted by Gasteiger charge is -2.25. The van der Waals surface area contributed by atoms with Crippen molar-refractivity contribution in [3.05, 3.63) is 54.1 Å². The number of halogens is 2. The lowest BCUT2D eigenvalue weighted by atomic mass is 10.2. The maximum absolute atomic E-state index is 12.4. The van der Waals surface area contributed by atoms with E-state index in [-0.39, 0.29) is 18.1 Å². The topological polar surface area (TPSA) is 109 Å². The van der Waals surface area contributed by atoms with Gasteiger partial charge in [-0.15, -0.1) is 0 Å². The summed E-state index contributed by atoms with van der Waals surface area (Å²) in [7, 11) is 1.28. The van der Waals surface area contributed by atoms with Gasteiger partial charge in [-0.05, 0) is 35.9 Å². The molecule has 3 rings (SSSR count). The van der Waals surface area contributed by atoms with E-state index in [1.165, 1.54) is 31.4 Å². The van der Waals surface area contributed by atoms with Gasteiger partial charge < -0.3 is 23.7 Å². The van der Waals surface area contributed by atoms with E-state index in [0.29, 0.717) is 17.1 Å². The Morgan fingerprint density at radius 2 is 1.91 bits per heavy atom. The number of hydrogen-bond donors (Lipinski definition) is 1. The Kier molecular flexibility index (Phi) is 7.79. The number of nitrogens with one attached hydrogen (secondary N) is 1. The summed E-state index contributed by atoms with van der Waals surface area (Å²) in [4.78, 5) is 35.9. The first-order valence-electron chi connectivity index (χ1n) is 9.55. The number of carbonyl (C=O) groups excluding carboxylic acids is 3. The third-order valence-electron chi connectivity index (χ3n) is 4.22. The molecule has 0 bridgehead atoms. The SMILES string of the molecule is COc1cc(C=CC(=O)OCC(=O)NC(=O)C2COc3ccccc3O2)ccc1OC(F)F. The minimum Gasteiger partial charge on any atom is -0.493 e. The predicted molar refractivity (Wildman–Crippen MR) is 109 cm³/mol. The Bertz CT molecular complexity index is 1060. The molecule has 0 fully saturated rings. The van der Waals surface area contributed by atoms with Gasteiger partial charge in [0, 0.05) is 6.08 Å². The van der Waals surface area contributed by atoms with E-state index >= 15 is 0 Å². The largest absolute Gasteiger partial charge is 0.493 e. The zero-order valence-electron chi connectivity index (χ0n) is 17.3. The molecule has 1 N–H and O–H groups in total. The summed E-state index contributed by atoms with van der Waals surface area (Å²) < 4.78 is 49.7. The van der Waals surface area contributed by atoms with Gasteiger partial charge >= 0.3 is 12.6 Å². The van der Waals surface area contributed by atoms with Gasteiger partial charge in [0.05, 0.1) is 7.11 Å². The Balaban J connectivity index is 1.46. The second-order valence-corrected chi connectivity index (χ2v) is 6.51. The Labute approximate surface area is 186 Å². The summed E-state index contributed by atoms with van der Waals surface area (Å²) >= 11 is 0. The maximum Gasteiger partial charge on any atom is 0.387 e. The van der Waals surface area contributed by atoms with Crippen molar-refractivity contribution in [3.8, 4) is 23.0 Å². The summed E-state index contributed by atoms with van der Waals surface area (Å²) in [5, 5.41) is 2.07. The highest BCUT2D eigenvalue weighted by molar-refractivity contribution is 5.99. The van der Waals surface area contributed by atoms with Crippen molar-refractivity contribution in [1.82, 2.24) is 5.32 Å². The molecule has 1 unspecified atom stereocenters. The highest BCUT2D eigenvalue weighted by Gasteiger charge is 2.28. The molecule has 174 valence electrons. The lowest BCUT2D eigenvalue weighted by molar-refractivity contribution is -0.146. The van der Waals surface area contributed by atoms with Gasteiger partial charge in [0.15, 0.2) is 29.6 Å². The molecular weight excluding hydrogens is 444 g/mol. The van der Waals surface area contributed by atoms with E-state index in [1.54, 1.807) is 24.3 Å². The fraction of sp³-hybridized carbons (Fsp3) is 0.227. The summed E-state index contributed by atoms with van der Waals surface area (Å²) in [6.07, 6.45) is 1.31. The lowest BCUT2D eigenvalue weighted by Crippen LogP contribution is -2.47. The molecule has 2 amide bonds. The van der Waals surface area contributed by atoms with Crippen LogP contribution in [0.3, 0.4) is 0 Å². The minimum absolute atomic E-state index is 0.0419. The van der Waals surface area contributed by atoms with Gasteiger partial charge in [-0.25, -0.2) is 4.79 Å². The first-order valence-corrected chi connectivity index (χ1v) is 9.55. The average Bonchev–Trinajstić information content (AvgIpc) is 2.81. The highest BCUT2D eigenvalue weighted by Crippen LogP contribution is 2.31. The maximum atomic E-state index is 12.4. The number of para-hydroxylation sites is 2. The van der Waals surface area contributed by atoms with Crippen molar-refractivity contribution >= 4 is 23.9 Å². The average molecular weight is 463 g/mol. The number of fused-ring (bicyclic) bond motifs is 1. The summed E-state index contributed by atoms with van der Waals surface area (Å²) in [5.41, 5.74) is 0.430. The van der Waals surface area contributed by atoms with Crippen LogP contribution in [0.4, 0.5) is 8.78 Å². The molecule has 9 nitrogen and oxygen atoms in total.